The van der Waals surface area contributed by atoms with Crippen molar-refractivity contribution < 1.29 is 4.74 Å². The number of anilines is 1. The van der Waals surface area contributed by atoms with Gasteiger partial charge in [0.1, 0.15) is 5.69 Å². The second-order valence-electron chi connectivity index (χ2n) is 4.25. The third-order valence-electron chi connectivity index (χ3n) is 2.17. The van der Waals surface area contributed by atoms with Crippen LogP contribution in [0, 0.1) is 5.92 Å². The fourth-order valence-electron chi connectivity index (χ4n) is 1.38. The number of nitrogen functional groups attached to an aromatic ring is 1. The molecule has 90 valence electrons. The van der Waals surface area contributed by atoms with Crippen LogP contribution in [0.3, 0.4) is 0 Å². The molecule has 4 nitrogen and oxygen atoms in total. The molecular weight excluding hydrogens is 234 g/mol. The number of hydrogen-bond acceptors (Lipinski definition) is 5. The van der Waals surface area contributed by atoms with Crippen LogP contribution in [0.15, 0.2) is 24.3 Å². The minimum Gasteiger partial charge on any atom is -0.475 e. The van der Waals surface area contributed by atoms with E-state index in [9.17, 15) is 0 Å². The Balaban J connectivity index is 2.24. The van der Waals surface area contributed by atoms with E-state index in [0.717, 1.165) is 23.0 Å². The average molecular weight is 249 g/mol. The van der Waals surface area contributed by atoms with Crippen molar-refractivity contribution in [2.45, 2.75) is 13.8 Å². The Morgan fingerprint density at radius 3 is 2.88 bits per heavy atom. The molecule has 0 atom stereocenters. The summed E-state index contributed by atoms with van der Waals surface area (Å²) in [6, 6.07) is 7.57. The molecule has 2 aromatic rings. The molecule has 17 heavy (non-hydrogen) atoms. The lowest BCUT2D eigenvalue weighted by Gasteiger charge is -2.07. The van der Waals surface area contributed by atoms with Crippen molar-refractivity contribution in [3.63, 3.8) is 0 Å². The predicted molar refractivity (Wildman–Crippen MR) is 70.1 cm³/mol. The van der Waals surface area contributed by atoms with Gasteiger partial charge in [0.2, 0.25) is 0 Å². The summed E-state index contributed by atoms with van der Waals surface area (Å²) in [7, 11) is 0. The maximum atomic E-state index is 5.75. The maximum Gasteiger partial charge on any atom is 0.253 e. The summed E-state index contributed by atoms with van der Waals surface area (Å²) in [5.41, 5.74) is 8.17. The molecule has 0 bridgehead atoms. The van der Waals surface area contributed by atoms with Crippen molar-refractivity contribution in [1.82, 2.24) is 8.75 Å². The Labute approximate surface area is 105 Å². The van der Waals surface area contributed by atoms with E-state index in [1.807, 2.05) is 24.3 Å². The van der Waals surface area contributed by atoms with Gasteiger partial charge in [0.05, 0.1) is 18.3 Å². The average Bonchev–Trinajstić information content (AvgIpc) is 2.74. The molecule has 2 N–H and O–H groups in total. The lowest BCUT2D eigenvalue weighted by atomic mass is 10.1. The number of nitrogens with two attached hydrogens (primary N) is 1. The first-order chi connectivity index (χ1) is 8.16. The number of rotatable bonds is 4. The van der Waals surface area contributed by atoms with Gasteiger partial charge in [0, 0.05) is 11.3 Å². The molecule has 0 fully saturated rings. The summed E-state index contributed by atoms with van der Waals surface area (Å²) >= 11 is 1.15. The summed E-state index contributed by atoms with van der Waals surface area (Å²) in [5.74, 6) is 1.06. The van der Waals surface area contributed by atoms with E-state index in [1.54, 1.807) is 0 Å². The quantitative estimate of drug-likeness (QED) is 0.846. The van der Waals surface area contributed by atoms with Crippen LogP contribution in [-0.2, 0) is 0 Å². The van der Waals surface area contributed by atoms with E-state index in [4.69, 9.17) is 10.5 Å². The van der Waals surface area contributed by atoms with E-state index in [1.165, 1.54) is 0 Å². The monoisotopic (exact) mass is 249 g/mol. The van der Waals surface area contributed by atoms with Crippen LogP contribution in [0.4, 0.5) is 5.69 Å². The van der Waals surface area contributed by atoms with Crippen LogP contribution in [-0.4, -0.2) is 15.4 Å². The van der Waals surface area contributed by atoms with Crippen molar-refractivity contribution in [3.05, 3.63) is 24.3 Å². The van der Waals surface area contributed by atoms with Crippen LogP contribution < -0.4 is 10.5 Å². The van der Waals surface area contributed by atoms with Crippen molar-refractivity contribution in [1.29, 1.82) is 0 Å². The highest BCUT2D eigenvalue weighted by Gasteiger charge is 2.12. The largest absolute Gasteiger partial charge is 0.475 e. The molecule has 0 aliphatic rings. The summed E-state index contributed by atoms with van der Waals surface area (Å²) in [6.07, 6.45) is 0. The lowest BCUT2D eigenvalue weighted by Crippen LogP contribution is -2.05. The van der Waals surface area contributed by atoms with Gasteiger partial charge in [0.15, 0.2) is 0 Å². The molecule has 0 saturated carbocycles. The van der Waals surface area contributed by atoms with Gasteiger partial charge in [-0.25, -0.2) is 0 Å². The minimum absolute atomic E-state index is 0.463. The zero-order valence-electron chi connectivity index (χ0n) is 9.88. The van der Waals surface area contributed by atoms with Crippen molar-refractivity contribution in [2.75, 3.05) is 12.3 Å². The third kappa shape index (κ3) is 2.94. The van der Waals surface area contributed by atoms with Gasteiger partial charge in [-0.05, 0) is 18.1 Å². The Morgan fingerprint density at radius 2 is 2.18 bits per heavy atom. The number of benzene rings is 1. The second-order valence-corrected chi connectivity index (χ2v) is 4.78. The SMILES string of the molecule is CC(C)COc1nsnc1-c1cccc(N)c1. The van der Waals surface area contributed by atoms with E-state index in [0.29, 0.717) is 24.1 Å². The summed E-state index contributed by atoms with van der Waals surface area (Å²) in [4.78, 5) is 0. The Hall–Kier alpha value is -1.62. The van der Waals surface area contributed by atoms with E-state index in [-0.39, 0.29) is 0 Å². The van der Waals surface area contributed by atoms with Crippen LogP contribution >= 0.6 is 11.7 Å². The molecule has 0 saturated heterocycles. The number of aromatic nitrogens is 2. The highest BCUT2D eigenvalue weighted by molar-refractivity contribution is 6.99. The Morgan fingerprint density at radius 1 is 1.35 bits per heavy atom. The molecule has 1 aromatic heterocycles. The van der Waals surface area contributed by atoms with Gasteiger partial charge >= 0.3 is 0 Å². The molecule has 0 spiro atoms. The molecule has 1 aromatic carbocycles. The molecule has 0 aliphatic carbocycles. The van der Waals surface area contributed by atoms with E-state index in [2.05, 4.69) is 22.6 Å². The van der Waals surface area contributed by atoms with Crippen LogP contribution in [0.25, 0.3) is 11.3 Å². The van der Waals surface area contributed by atoms with Gasteiger partial charge < -0.3 is 10.5 Å². The molecular formula is C12H15N3OS. The third-order valence-corrected chi connectivity index (χ3v) is 2.68. The first-order valence-corrected chi connectivity index (χ1v) is 6.21. The van der Waals surface area contributed by atoms with Crippen molar-refractivity contribution in [2.24, 2.45) is 5.92 Å². The molecule has 5 heteroatoms. The van der Waals surface area contributed by atoms with Gasteiger partial charge in [-0.15, -0.1) is 4.37 Å². The van der Waals surface area contributed by atoms with Gasteiger partial charge in [-0.3, -0.25) is 0 Å². The standard InChI is InChI=1S/C12H15N3OS/c1-8(2)7-16-12-11(14-17-15-12)9-4-3-5-10(13)6-9/h3-6,8H,7,13H2,1-2H3. The maximum absolute atomic E-state index is 5.75. The lowest BCUT2D eigenvalue weighted by molar-refractivity contribution is 0.264. The van der Waals surface area contributed by atoms with Crippen LogP contribution in [0.1, 0.15) is 13.8 Å². The summed E-state index contributed by atoms with van der Waals surface area (Å²) < 4.78 is 14.0. The molecule has 0 aliphatic heterocycles. The predicted octanol–water partition coefficient (Wildman–Crippen LogP) is 2.82. The number of nitrogens with zero attached hydrogens (tertiary/aromatic N) is 2. The Kier molecular flexibility index (Phi) is 3.58. The van der Waals surface area contributed by atoms with Crippen LogP contribution in [0.2, 0.25) is 0 Å². The number of hydrogen-bond donors (Lipinski definition) is 1. The molecule has 0 unspecified atom stereocenters. The smallest absolute Gasteiger partial charge is 0.253 e. The Bertz CT molecular complexity index is 496. The highest BCUT2D eigenvalue weighted by atomic mass is 32.1. The van der Waals surface area contributed by atoms with Crippen molar-refractivity contribution in [3.8, 4) is 17.1 Å². The number of ether oxygens (including phenoxy) is 1. The van der Waals surface area contributed by atoms with Gasteiger partial charge in [-0.1, -0.05) is 26.0 Å². The second kappa shape index (κ2) is 5.14. The zero-order valence-corrected chi connectivity index (χ0v) is 10.7. The molecule has 0 amide bonds. The first-order valence-electron chi connectivity index (χ1n) is 5.48. The summed E-state index contributed by atoms with van der Waals surface area (Å²) in [5, 5.41) is 0. The van der Waals surface area contributed by atoms with Gasteiger partial charge in [0.25, 0.3) is 5.88 Å². The molecule has 2 rings (SSSR count). The summed E-state index contributed by atoms with van der Waals surface area (Å²) in [6.45, 7) is 4.83. The molecule has 1 heterocycles. The first kappa shape index (κ1) is 11.9. The fourth-order valence-corrected chi connectivity index (χ4v) is 1.90. The normalized spacial score (nSPS) is 10.8. The van der Waals surface area contributed by atoms with Gasteiger partial charge in [-0.2, -0.15) is 4.37 Å². The zero-order chi connectivity index (χ0) is 12.3. The molecule has 0 radical (unpaired) electrons. The highest BCUT2D eigenvalue weighted by Crippen LogP contribution is 2.29. The fraction of sp³-hybridized carbons (Fsp3) is 0.333. The van der Waals surface area contributed by atoms with E-state index >= 15 is 0 Å². The minimum atomic E-state index is 0.463. The van der Waals surface area contributed by atoms with Crippen molar-refractivity contribution >= 4 is 17.4 Å². The topological polar surface area (TPSA) is 61.0 Å². The van der Waals surface area contributed by atoms with E-state index < -0.39 is 0 Å². The van der Waals surface area contributed by atoms with Crippen LogP contribution in [0.5, 0.6) is 5.88 Å².